The van der Waals surface area contributed by atoms with Crippen molar-refractivity contribution in [3.8, 4) is 5.75 Å². The summed E-state index contributed by atoms with van der Waals surface area (Å²) in [4.78, 5) is 71.8. The van der Waals surface area contributed by atoms with E-state index in [-0.39, 0.29) is 47.6 Å². The fraction of sp³-hybridized carbons (Fsp3) is 0.548. The fourth-order valence-corrected chi connectivity index (χ4v) is 10.1. The van der Waals surface area contributed by atoms with E-state index in [1.54, 1.807) is 51.2 Å². The van der Waals surface area contributed by atoms with Crippen molar-refractivity contribution in [1.29, 1.82) is 0 Å². The summed E-state index contributed by atoms with van der Waals surface area (Å²) in [5.74, 6) is -1.21. The van der Waals surface area contributed by atoms with Gasteiger partial charge in [-0.15, -0.1) is 0 Å². The highest BCUT2D eigenvalue weighted by molar-refractivity contribution is 8.76. The van der Waals surface area contributed by atoms with E-state index in [1.807, 2.05) is 19.9 Å². The Kier molecular flexibility index (Phi) is 15.7. The second-order valence-electron chi connectivity index (χ2n) is 16.3. The van der Waals surface area contributed by atoms with Gasteiger partial charge in [0.1, 0.15) is 57.6 Å². The number of nitrogens with one attached hydrogen (secondary N) is 1. The summed E-state index contributed by atoms with van der Waals surface area (Å²) in [6.07, 6.45) is 3.01. The van der Waals surface area contributed by atoms with Gasteiger partial charge in [-0.3, -0.25) is 25.0 Å². The largest absolute Gasteiger partial charge is 0.495 e. The molecule has 3 amide bonds. The number of nitro groups is 1. The van der Waals surface area contributed by atoms with Gasteiger partial charge < -0.3 is 38.6 Å². The lowest BCUT2D eigenvalue weighted by molar-refractivity contribution is -0.385. The van der Waals surface area contributed by atoms with Gasteiger partial charge in [-0.2, -0.15) is 0 Å². The smallest absolute Gasteiger partial charge is 0.409 e. The number of allylic oxidation sites excluding steroid dienone is 3. The Morgan fingerprint density at radius 3 is 2.55 bits per heavy atom. The Labute approximate surface area is 373 Å². The molecule has 8 atom stereocenters. The number of esters is 1. The first-order valence-electron chi connectivity index (χ1n) is 19.9. The van der Waals surface area contributed by atoms with E-state index in [0.717, 1.165) is 11.1 Å². The van der Waals surface area contributed by atoms with Crippen LogP contribution in [0, 0.1) is 10.1 Å². The number of aliphatic hydroxyl groups is 1. The van der Waals surface area contributed by atoms with Gasteiger partial charge >= 0.3 is 12.1 Å². The lowest BCUT2D eigenvalue weighted by Gasteiger charge is -2.59. The lowest BCUT2D eigenvalue weighted by atomic mass is 9.72. The summed E-state index contributed by atoms with van der Waals surface area (Å²) >= 11 is 6.79. The number of benzene rings is 1. The molecule has 5 heterocycles. The molecule has 1 aromatic carbocycles. The molecule has 0 aliphatic carbocycles. The number of pyridine rings is 1. The predicted molar refractivity (Wildman–Crippen MR) is 234 cm³/mol. The second kappa shape index (κ2) is 20.0. The van der Waals surface area contributed by atoms with E-state index in [9.17, 15) is 34.4 Å². The molecule has 2 aromatic rings. The maximum atomic E-state index is 14.3. The van der Waals surface area contributed by atoms with Gasteiger partial charge in [-0.25, -0.2) is 14.6 Å². The van der Waals surface area contributed by atoms with Crippen LogP contribution in [0.1, 0.15) is 72.3 Å². The molecule has 62 heavy (non-hydrogen) atoms. The third-order valence-corrected chi connectivity index (χ3v) is 14.7. The summed E-state index contributed by atoms with van der Waals surface area (Å²) in [6, 6.07) is 5.43. The summed E-state index contributed by atoms with van der Waals surface area (Å²) < 4.78 is 29.6. The van der Waals surface area contributed by atoms with Crippen molar-refractivity contribution in [2.24, 2.45) is 0 Å². The quantitative estimate of drug-likeness (QED) is 0.0999. The van der Waals surface area contributed by atoms with Gasteiger partial charge in [-0.1, -0.05) is 53.1 Å². The van der Waals surface area contributed by atoms with Gasteiger partial charge in [0, 0.05) is 51.8 Å². The number of alkyl carbamates (subject to hydrolysis) is 1. The molecule has 2 fully saturated rings. The minimum absolute atomic E-state index is 0.0111. The van der Waals surface area contributed by atoms with E-state index >= 15 is 0 Å². The average molecular weight is 921 g/mol. The maximum Gasteiger partial charge on any atom is 0.409 e. The molecule has 17 nitrogen and oxygen atoms in total. The third-order valence-electron chi connectivity index (χ3n) is 11.4. The monoisotopic (exact) mass is 919 g/mol. The highest BCUT2D eigenvalue weighted by atomic mass is 35.5. The Morgan fingerprint density at radius 1 is 1.21 bits per heavy atom. The van der Waals surface area contributed by atoms with Crippen LogP contribution in [-0.4, -0.2) is 119 Å². The number of hydrogen-bond donors (Lipinski definition) is 2. The SMILES string of the molecule is COc1cc2cc(c1Cl)N(C)C(=O)C[C@H](OC(=O)[C@H](C)N(C)C(=O)CCC(C)SSc1ccc([N+](=O)[O-])cn1)[C@@]1(C)CC(C)(O1)[C@@H]1C[C@@](O)(NC(=O)O1)[C@H](OC)/C=C/C=C(\C)C2. The summed E-state index contributed by atoms with van der Waals surface area (Å²) in [5.41, 5.74) is -2.42. The van der Waals surface area contributed by atoms with Crippen LogP contribution in [0.2, 0.25) is 5.02 Å². The molecule has 2 N–H and O–H groups in total. The normalized spacial score (nSPS) is 28.8. The van der Waals surface area contributed by atoms with Crippen molar-refractivity contribution >= 4 is 68.4 Å². The third kappa shape index (κ3) is 11.2. The summed E-state index contributed by atoms with van der Waals surface area (Å²) in [6.45, 7) is 8.78. The number of rotatable bonds is 12. The second-order valence-corrected chi connectivity index (χ2v) is 19.4. The minimum Gasteiger partial charge on any atom is -0.495 e. The molecule has 4 aliphatic rings. The van der Waals surface area contributed by atoms with Gasteiger partial charge in [-0.05, 0) is 75.1 Å². The molecule has 0 saturated carbocycles. The molecule has 1 aromatic heterocycles. The molecule has 2 unspecified atom stereocenters. The number of carbonyl (C=O) groups is 4. The molecule has 338 valence electrons. The Hall–Kier alpha value is -4.40. The number of carbonyl (C=O) groups excluding carboxylic acids is 4. The zero-order valence-electron chi connectivity index (χ0n) is 36.2. The first-order chi connectivity index (χ1) is 29.1. The van der Waals surface area contributed by atoms with Crippen molar-refractivity contribution in [3.05, 3.63) is 75.0 Å². The van der Waals surface area contributed by atoms with Crippen LogP contribution in [0.25, 0.3) is 0 Å². The summed E-state index contributed by atoms with van der Waals surface area (Å²) in [5, 5.41) is 26.0. The number of hydrogen-bond acceptors (Lipinski definition) is 15. The lowest BCUT2D eigenvalue weighted by Crippen LogP contribution is -2.72. The van der Waals surface area contributed by atoms with Crippen LogP contribution in [0.15, 0.2) is 59.3 Å². The zero-order valence-corrected chi connectivity index (χ0v) is 38.6. The van der Waals surface area contributed by atoms with Crippen LogP contribution in [0.3, 0.4) is 0 Å². The van der Waals surface area contributed by atoms with E-state index in [2.05, 4.69) is 10.3 Å². The van der Waals surface area contributed by atoms with Crippen molar-refractivity contribution in [3.63, 3.8) is 0 Å². The maximum absolute atomic E-state index is 14.3. The van der Waals surface area contributed by atoms with Crippen LogP contribution in [-0.2, 0) is 39.8 Å². The average Bonchev–Trinajstić information content (AvgIpc) is 3.21. The highest BCUT2D eigenvalue weighted by Crippen LogP contribution is 2.50. The van der Waals surface area contributed by atoms with Crippen molar-refractivity contribution in [2.45, 2.75) is 125 Å². The Balaban J connectivity index is 1.37. The molecular formula is C42H54ClN5O12S2. The first kappa shape index (κ1) is 48.6. The number of ether oxygens (including phenoxy) is 5. The van der Waals surface area contributed by atoms with Gasteiger partial charge in [0.2, 0.25) is 11.8 Å². The highest BCUT2D eigenvalue weighted by Gasteiger charge is 2.63. The Morgan fingerprint density at radius 2 is 1.92 bits per heavy atom. The van der Waals surface area contributed by atoms with Crippen LogP contribution < -0.4 is 15.0 Å². The first-order valence-corrected chi connectivity index (χ1v) is 22.5. The fourth-order valence-electron chi connectivity index (χ4n) is 7.72. The number of methoxy groups -OCH3 is 2. The number of halogens is 1. The zero-order chi connectivity index (χ0) is 45.7. The molecule has 6 bridgehead atoms. The molecule has 2 saturated heterocycles. The predicted octanol–water partition coefficient (Wildman–Crippen LogP) is 6.57. The van der Waals surface area contributed by atoms with Crippen molar-refractivity contribution in [2.75, 3.05) is 33.2 Å². The molecule has 6 rings (SSSR count). The van der Waals surface area contributed by atoms with Crippen molar-refractivity contribution in [1.82, 2.24) is 15.2 Å². The molecule has 0 radical (unpaired) electrons. The van der Waals surface area contributed by atoms with E-state index in [0.29, 0.717) is 29.3 Å². The number of aromatic nitrogens is 1. The number of likely N-dealkylation sites (N-methyl/N-ethyl adjacent to an activating group) is 1. The standard InChI is InChI=1S/C42H54ClN5O12S2/c1-24-11-10-12-31(57-9)42(53)21-33(59-39(52)45-42)41(5)23-40(4,60-41)32(20-36(50)47(7)29-18-27(17-24)19-30(56-8)37(29)43)58-38(51)26(3)46(6)35(49)16-13-25(2)61-62-34-15-14-28(22-44-34)48(54)55/h10-12,14-15,18-19,22,25-26,31-33,53H,13,16-17,20-21,23H2,1-9H3,(H,45,52)/b12-10+,24-11+/t25?,26-,31+,32-,33-,40+,41?,42-/m0/s1. The molecular weight excluding hydrogens is 866 g/mol. The summed E-state index contributed by atoms with van der Waals surface area (Å²) in [7, 11) is 8.75. The van der Waals surface area contributed by atoms with E-state index in [1.165, 1.54) is 71.8 Å². The van der Waals surface area contributed by atoms with Crippen LogP contribution >= 0.6 is 33.2 Å². The van der Waals surface area contributed by atoms with Crippen LogP contribution in [0.4, 0.5) is 16.2 Å². The van der Waals surface area contributed by atoms with Crippen molar-refractivity contribution < 1.29 is 52.9 Å². The topological polar surface area (TPSA) is 209 Å². The van der Waals surface area contributed by atoms with E-state index < -0.39 is 64.2 Å². The van der Waals surface area contributed by atoms with E-state index in [4.69, 9.17) is 35.3 Å². The van der Waals surface area contributed by atoms with Gasteiger partial charge in [0.05, 0.1) is 24.1 Å². The molecule has 0 spiro atoms. The number of amides is 3. The molecule has 4 aliphatic heterocycles. The number of nitrogens with zero attached hydrogens (tertiary/aromatic N) is 4. The molecule has 20 heteroatoms. The Bertz CT molecular complexity index is 2080. The van der Waals surface area contributed by atoms with Gasteiger partial charge in [0.15, 0.2) is 5.72 Å². The number of anilines is 1. The minimum atomic E-state index is -1.89. The van der Waals surface area contributed by atoms with Crippen LogP contribution in [0.5, 0.6) is 5.75 Å². The van der Waals surface area contributed by atoms with Gasteiger partial charge in [0.25, 0.3) is 5.69 Å². The number of fused-ring (bicyclic) bond motifs is 6.